The Hall–Kier alpha value is -3.00. The maximum Gasteiger partial charge on any atom is 0.286 e. The average Bonchev–Trinajstić information content (AvgIpc) is 2.79. The fourth-order valence-electron chi connectivity index (χ4n) is 4.94. The molecule has 4 rings (SSSR count). The van der Waals surface area contributed by atoms with E-state index in [1.54, 1.807) is 12.1 Å². The number of amidine groups is 1. The number of unbranched alkanes of at least 4 members (excludes halogenated alkanes) is 2. The monoisotopic (exact) mass is 468 g/mol. The topological polar surface area (TPSA) is 113 Å². The number of hydrogen-bond acceptors (Lipinski definition) is 6. The molecule has 0 saturated carbocycles. The summed E-state index contributed by atoms with van der Waals surface area (Å²) in [5.41, 5.74) is 0.505. The van der Waals surface area contributed by atoms with E-state index in [-0.39, 0.29) is 28.0 Å². The van der Waals surface area contributed by atoms with Gasteiger partial charge in [-0.15, -0.1) is 4.40 Å². The van der Waals surface area contributed by atoms with Crippen LogP contribution in [0.3, 0.4) is 0 Å². The predicted octanol–water partition coefficient (Wildman–Crippen LogP) is 4.60. The molecule has 33 heavy (non-hydrogen) atoms. The van der Waals surface area contributed by atoms with Crippen molar-refractivity contribution in [2.24, 2.45) is 10.3 Å². The van der Waals surface area contributed by atoms with Crippen molar-refractivity contribution >= 4 is 33.1 Å². The SMILES string of the molecule is CCCCC1(CCCC)C(=O)C(C2=NS(=O)(=O)c3cc(O)ccc3N2)C(=O)c2ccccc21. The Morgan fingerprint density at radius 1 is 1.03 bits per heavy atom. The summed E-state index contributed by atoms with van der Waals surface area (Å²) in [7, 11) is -4.20. The number of Topliss-reactive ketones (excluding diaryl/α,β-unsaturated/α-hetero) is 2. The van der Waals surface area contributed by atoms with E-state index in [1.807, 2.05) is 12.1 Å². The molecule has 0 saturated heterocycles. The summed E-state index contributed by atoms with van der Waals surface area (Å²) in [5.74, 6) is -2.45. The van der Waals surface area contributed by atoms with Gasteiger partial charge in [0.2, 0.25) is 0 Å². The minimum atomic E-state index is -4.20. The molecule has 7 nitrogen and oxygen atoms in total. The first kappa shape index (κ1) is 23.2. The van der Waals surface area contributed by atoms with E-state index in [0.29, 0.717) is 18.4 Å². The lowest BCUT2D eigenvalue weighted by molar-refractivity contribution is -0.126. The Bertz CT molecular complexity index is 1240. The molecule has 1 heterocycles. The lowest BCUT2D eigenvalue weighted by atomic mass is 9.60. The third kappa shape index (κ3) is 3.86. The Kier molecular flexibility index (Phi) is 6.14. The van der Waals surface area contributed by atoms with Gasteiger partial charge in [0.1, 0.15) is 22.4 Å². The molecule has 2 aromatic rings. The number of nitrogens with zero attached hydrogens (tertiary/aromatic N) is 1. The maximum absolute atomic E-state index is 14.1. The number of anilines is 1. The van der Waals surface area contributed by atoms with Crippen molar-refractivity contribution in [3.05, 3.63) is 53.6 Å². The molecule has 8 heteroatoms. The summed E-state index contributed by atoms with van der Waals surface area (Å²) >= 11 is 0. The van der Waals surface area contributed by atoms with Gasteiger partial charge in [0.15, 0.2) is 11.6 Å². The van der Waals surface area contributed by atoms with Crippen LogP contribution in [0.25, 0.3) is 0 Å². The molecular formula is C25H28N2O5S. The number of nitrogens with one attached hydrogen (secondary N) is 1. The van der Waals surface area contributed by atoms with Crippen molar-refractivity contribution in [2.45, 2.75) is 62.7 Å². The second-order valence-corrected chi connectivity index (χ2v) is 10.3. The standard InChI is InChI=1S/C25H28N2O5S/c1-3-5-13-25(14-6-4-2)18-10-8-7-9-17(18)22(29)21(23(25)30)24-26-19-12-11-16(28)15-20(19)33(31,32)27-24/h7-12,15,21,28H,3-6,13-14H2,1-2H3,(H,26,27). The molecule has 1 atom stereocenters. The predicted molar refractivity (Wildman–Crippen MR) is 126 cm³/mol. The van der Waals surface area contributed by atoms with Crippen LogP contribution in [0.15, 0.2) is 51.8 Å². The van der Waals surface area contributed by atoms with Gasteiger partial charge in [0.25, 0.3) is 10.0 Å². The second kappa shape index (κ2) is 8.74. The number of carbonyl (C=O) groups excluding carboxylic acids is 2. The van der Waals surface area contributed by atoms with Gasteiger partial charge in [-0.05, 0) is 30.5 Å². The normalized spacial score (nSPS) is 20.4. The van der Waals surface area contributed by atoms with Gasteiger partial charge in [-0.3, -0.25) is 9.59 Å². The molecule has 0 spiro atoms. The highest BCUT2D eigenvalue weighted by Crippen LogP contribution is 2.45. The summed E-state index contributed by atoms with van der Waals surface area (Å²) < 4.78 is 29.6. The molecule has 1 aliphatic carbocycles. The molecule has 2 aromatic carbocycles. The van der Waals surface area contributed by atoms with Crippen LogP contribution < -0.4 is 5.32 Å². The highest BCUT2D eigenvalue weighted by Gasteiger charge is 2.53. The molecule has 1 unspecified atom stereocenters. The quantitative estimate of drug-likeness (QED) is 0.453. The fourth-order valence-corrected chi connectivity index (χ4v) is 6.11. The van der Waals surface area contributed by atoms with Gasteiger partial charge >= 0.3 is 0 Å². The van der Waals surface area contributed by atoms with Crippen LogP contribution in [0.2, 0.25) is 0 Å². The van der Waals surface area contributed by atoms with E-state index < -0.39 is 27.1 Å². The minimum Gasteiger partial charge on any atom is -0.508 e. The summed E-state index contributed by atoms with van der Waals surface area (Å²) in [6.45, 7) is 4.11. The third-order valence-corrected chi connectivity index (χ3v) is 7.95. The number of sulfonamides is 1. The van der Waals surface area contributed by atoms with Crippen LogP contribution >= 0.6 is 0 Å². The number of phenolic OH excluding ortho intramolecular Hbond substituents is 1. The Balaban J connectivity index is 1.88. The zero-order chi connectivity index (χ0) is 23.8. The van der Waals surface area contributed by atoms with Crippen LogP contribution in [-0.2, 0) is 20.2 Å². The Morgan fingerprint density at radius 3 is 2.36 bits per heavy atom. The largest absolute Gasteiger partial charge is 0.508 e. The van der Waals surface area contributed by atoms with Crippen LogP contribution in [0.4, 0.5) is 5.69 Å². The van der Waals surface area contributed by atoms with Crippen molar-refractivity contribution in [1.29, 1.82) is 0 Å². The lowest BCUT2D eigenvalue weighted by Gasteiger charge is -2.41. The van der Waals surface area contributed by atoms with Crippen LogP contribution in [0.1, 0.15) is 68.3 Å². The van der Waals surface area contributed by atoms with Crippen molar-refractivity contribution in [3.63, 3.8) is 0 Å². The first-order chi connectivity index (χ1) is 15.7. The number of carbonyl (C=O) groups is 2. The van der Waals surface area contributed by atoms with Gasteiger partial charge in [-0.2, -0.15) is 8.42 Å². The number of phenols is 1. The number of fused-ring (bicyclic) bond motifs is 2. The zero-order valence-corrected chi connectivity index (χ0v) is 19.6. The van der Waals surface area contributed by atoms with E-state index in [9.17, 15) is 23.1 Å². The molecule has 0 amide bonds. The minimum absolute atomic E-state index is 0.171. The number of aromatic hydroxyl groups is 1. The third-order valence-electron chi connectivity index (χ3n) is 6.62. The summed E-state index contributed by atoms with van der Waals surface area (Å²) in [5, 5.41) is 12.6. The van der Waals surface area contributed by atoms with Crippen molar-refractivity contribution in [3.8, 4) is 5.75 Å². The van der Waals surface area contributed by atoms with Crippen LogP contribution in [0.5, 0.6) is 5.75 Å². The summed E-state index contributed by atoms with van der Waals surface area (Å²) in [6.07, 6.45) is 4.59. The Labute approximate surface area is 194 Å². The molecule has 2 N–H and O–H groups in total. The summed E-state index contributed by atoms with van der Waals surface area (Å²) in [4.78, 5) is 27.5. The molecule has 2 aliphatic rings. The van der Waals surface area contributed by atoms with Crippen LogP contribution in [0, 0.1) is 5.92 Å². The molecule has 1 aliphatic heterocycles. The van der Waals surface area contributed by atoms with Gasteiger partial charge in [0.05, 0.1) is 11.1 Å². The molecular weight excluding hydrogens is 440 g/mol. The van der Waals surface area contributed by atoms with E-state index >= 15 is 0 Å². The van der Waals surface area contributed by atoms with Crippen molar-refractivity contribution in [1.82, 2.24) is 0 Å². The summed E-state index contributed by atoms with van der Waals surface area (Å²) in [6, 6.07) is 11.0. The second-order valence-electron chi connectivity index (χ2n) is 8.75. The smallest absolute Gasteiger partial charge is 0.286 e. The fraction of sp³-hybridized carbons (Fsp3) is 0.400. The molecule has 0 fully saturated rings. The first-order valence-electron chi connectivity index (χ1n) is 11.4. The number of hydrogen-bond donors (Lipinski definition) is 2. The molecule has 174 valence electrons. The van der Waals surface area contributed by atoms with E-state index in [4.69, 9.17) is 0 Å². The number of rotatable bonds is 7. The zero-order valence-electron chi connectivity index (χ0n) is 18.8. The van der Waals surface area contributed by atoms with Gasteiger partial charge in [-0.25, -0.2) is 0 Å². The van der Waals surface area contributed by atoms with E-state index in [2.05, 4.69) is 23.6 Å². The number of benzene rings is 2. The van der Waals surface area contributed by atoms with E-state index in [1.165, 1.54) is 12.1 Å². The highest BCUT2D eigenvalue weighted by atomic mass is 32.2. The molecule has 0 aromatic heterocycles. The average molecular weight is 469 g/mol. The van der Waals surface area contributed by atoms with Crippen molar-refractivity contribution in [2.75, 3.05) is 5.32 Å². The maximum atomic E-state index is 14.1. The number of ketones is 2. The lowest BCUT2D eigenvalue weighted by Crippen LogP contribution is -2.52. The van der Waals surface area contributed by atoms with E-state index in [0.717, 1.165) is 37.3 Å². The van der Waals surface area contributed by atoms with Gasteiger partial charge in [-0.1, -0.05) is 63.8 Å². The Morgan fingerprint density at radius 2 is 1.70 bits per heavy atom. The molecule has 0 radical (unpaired) electrons. The van der Waals surface area contributed by atoms with Gasteiger partial charge < -0.3 is 10.4 Å². The molecule has 0 bridgehead atoms. The van der Waals surface area contributed by atoms with Gasteiger partial charge in [0, 0.05) is 11.6 Å². The highest BCUT2D eigenvalue weighted by molar-refractivity contribution is 7.90. The van der Waals surface area contributed by atoms with Crippen molar-refractivity contribution < 1.29 is 23.1 Å². The van der Waals surface area contributed by atoms with Crippen LogP contribution in [-0.4, -0.2) is 30.9 Å². The first-order valence-corrected chi connectivity index (χ1v) is 12.8.